The van der Waals surface area contributed by atoms with E-state index >= 15 is 0 Å². The van der Waals surface area contributed by atoms with Gasteiger partial charge in [-0.15, -0.1) is 0 Å². The molecule has 156 valence electrons. The van der Waals surface area contributed by atoms with Gasteiger partial charge in [0.1, 0.15) is 0 Å². The highest BCUT2D eigenvalue weighted by Gasteiger charge is 2.29. The van der Waals surface area contributed by atoms with Crippen LogP contribution >= 0.6 is 11.5 Å². The lowest BCUT2D eigenvalue weighted by Crippen LogP contribution is -2.49. The summed E-state index contributed by atoms with van der Waals surface area (Å²) in [6.07, 6.45) is 3.65. The highest BCUT2D eigenvalue weighted by molar-refractivity contribution is 7.89. The molecular formula is C20H22N6O2S2. The Morgan fingerprint density at radius 3 is 2.70 bits per heavy atom. The molecular weight excluding hydrogens is 420 g/mol. The summed E-state index contributed by atoms with van der Waals surface area (Å²) in [5.74, 6) is 0.796. The van der Waals surface area contributed by atoms with E-state index in [2.05, 4.69) is 19.6 Å². The van der Waals surface area contributed by atoms with E-state index in [4.69, 9.17) is 0 Å². The Kier molecular flexibility index (Phi) is 5.15. The molecule has 0 spiro atoms. The summed E-state index contributed by atoms with van der Waals surface area (Å²) in [5.41, 5.74) is 0. The first-order valence-corrected chi connectivity index (χ1v) is 12.1. The number of imidazole rings is 1. The van der Waals surface area contributed by atoms with Crippen molar-refractivity contribution in [1.29, 1.82) is 0 Å². The maximum Gasteiger partial charge on any atom is 0.243 e. The van der Waals surface area contributed by atoms with E-state index in [0.29, 0.717) is 31.1 Å². The standard InChI is InChI=1S/C20H22N6O2S2/c27-30(28,18-7-3-5-16-4-1-2-6-17(16)18)25-14-12-24(13-15-25)10-8-21-19-23-29-20-22-9-11-26(19)20/h1-7,9,11H,8,10,12-15H2,(H,21,23). The zero-order chi connectivity index (χ0) is 20.6. The van der Waals surface area contributed by atoms with Crippen LogP contribution in [0.5, 0.6) is 0 Å². The van der Waals surface area contributed by atoms with Crippen LogP contribution in [0, 0.1) is 0 Å². The molecule has 0 unspecified atom stereocenters. The van der Waals surface area contributed by atoms with Crippen LogP contribution in [0.3, 0.4) is 0 Å². The van der Waals surface area contributed by atoms with E-state index in [1.165, 1.54) is 11.5 Å². The molecule has 0 atom stereocenters. The van der Waals surface area contributed by atoms with Gasteiger partial charge in [0, 0.05) is 68.6 Å². The van der Waals surface area contributed by atoms with Gasteiger partial charge >= 0.3 is 0 Å². The van der Waals surface area contributed by atoms with Gasteiger partial charge in [-0.2, -0.15) is 8.68 Å². The number of rotatable bonds is 6. The van der Waals surface area contributed by atoms with E-state index in [0.717, 1.165) is 34.8 Å². The fraction of sp³-hybridized carbons (Fsp3) is 0.300. The summed E-state index contributed by atoms with van der Waals surface area (Å²) in [7, 11) is -3.51. The van der Waals surface area contributed by atoms with Gasteiger partial charge in [0.25, 0.3) is 0 Å². The molecule has 1 N–H and O–H groups in total. The molecule has 1 aliphatic rings. The molecule has 10 heteroatoms. The Balaban J connectivity index is 1.20. The van der Waals surface area contributed by atoms with Crippen LogP contribution in [0.25, 0.3) is 15.7 Å². The smallest absolute Gasteiger partial charge is 0.243 e. The number of sulfonamides is 1. The Hall–Kier alpha value is -2.53. The minimum absolute atomic E-state index is 0.392. The van der Waals surface area contributed by atoms with Gasteiger partial charge in [-0.05, 0) is 11.5 Å². The zero-order valence-corrected chi connectivity index (χ0v) is 17.9. The van der Waals surface area contributed by atoms with Gasteiger partial charge in [-0.25, -0.2) is 13.4 Å². The normalized spacial score (nSPS) is 16.4. The number of fused-ring (bicyclic) bond motifs is 2. The minimum Gasteiger partial charge on any atom is -0.353 e. The molecule has 0 saturated carbocycles. The molecule has 3 heterocycles. The first-order chi connectivity index (χ1) is 14.6. The van der Waals surface area contributed by atoms with Crippen LogP contribution in [-0.4, -0.2) is 70.6 Å². The maximum absolute atomic E-state index is 13.3. The van der Waals surface area contributed by atoms with Crippen molar-refractivity contribution in [1.82, 2.24) is 23.0 Å². The molecule has 2 aromatic carbocycles. The highest BCUT2D eigenvalue weighted by Crippen LogP contribution is 2.26. The number of anilines is 1. The second-order valence-electron chi connectivity index (χ2n) is 7.24. The molecule has 8 nitrogen and oxygen atoms in total. The Bertz CT molecular complexity index is 1270. The molecule has 0 bridgehead atoms. The van der Waals surface area contributed by atoms with Gasteiger partial charge in [0.15, 0.2) is 0 Å². The van der Waals surface area contributed by atoms with E-state index < -0.39 is 10.0 Å². The average molecular weight is 443 g/mol. The maximum atomic E-state index is 13.3. The predicted octanol–water partition coefficient (Wildman–Crippen LogP) is 2.36. The fourth-order valence-corrected chi connectivity index (χ4v) is 6.14. The van der Waals surface area contributed by atoms with Crippen molar-refractivity contribution in [3.05, 3.63) is 54.9 Å². The zero-order valence-electron chi connectivity index (χ0n) is 16.3. The van der Waals surface area contributed by atoms with Gasteiger partial charge in [-0.3, -0.25) is 9.30 Å². The Morgan fingerprint density at radius 2 is 1.83 bits per heavy atom. The topological polar surface area (TPSA) is 82.8 Å². The summed E-state index contributed by atoms with van der Waals surface area (Å²) in [5, 5.41) is 5.06. The van der Waals surface area contributed by atoms with Crippen LogP contribution < -0.4 is 5.32 Å². The molecule has 5 rings (SSSR count). The van der Waals surface area contributed by atoms with Crippen LogP contribution in [0.15, 0.2) is 59.8 Å². The third-order valence-electron chi connectivity index (χ3n) is 5.46. The molecule has 4 aromatic rings. The monoisotopic (exact) mass is 442 g/mol. The summed E-state index contributed by atoms with van der Waals surface area (Å²) in [4.78, 5) is 7.75. The second-order valence-corrected chi connectivity index (χ2v) is 9.87. The lowest BCUT2D eigenvalue weighted by atomic mass is 10.1. The summed E-state index contributed by atoms with van der Waals surface area (Å²) in [6.45, 7) is 3.98. The number of hydrogen-bond acceptors (Lipinski definition) is 7. The van der Waals surface area contributed by atoms with Crippen LogP contribution in [-0.2, 0) is 10.0 Å². The molecule has 1 aliphatic heterocycles. The molecule has 30 heavy (non-hydrogen) atoms. The first-order valence-electron chi connectivity index (χ1n) is 9.86. The van der Waals surface area contributed by atoms with E-state index in [1.807, 2.05) is 47.0 Å². The summed E-state index contributed by atoms with van der Waals surface area (Å²) >= 11 is 1.36. The number of benzene rings is 2. The summed E-state index contributed by atoms with van der Waals surface area (Å²) in [6, 6.07) is 13.1. The largest absolute Gasteiger partial charge is 0.353 e. The first kappa shape index (κ1) is 19.4. The SMILES string of the molecule is O=S(=O)(c1cccc2ccccc12)N1CCN(CCNc2nsc3nccn23)CC1. The van der Waals surface area contributed by atoms with E-state index in [9.17, 15) is 8.42 Å². The van der Waals surface area contributed by atoms with Gasteiger partial charge < -0.3 is 5.32 Å². The van der Waals surface area contributed by atoms with Crippen molar-refractivity contribution in [2.75, 3.05) is 44.6 Å². The molecule has 0 aliphatic carbocycles. The summed E-state index contributed by atoms with van der Waals surface area (Å²) < 4.78 is 34.4. The van der Waals surface area contributed by atoms with Crippen LogP contribution in [0.1, 0.15) is 0 Å². The van der Waals surface area contributed by atoms with Crippen molar-refractivity contribution in [2.45, 2.75) is 4.90 Å². The third kappa shape index (κ3) is 3.56. The Morgan fingerprint density at radius 1 is 1.03 bits per heavy atom. The predicted molar refractivity (Wildman–Crippen MR) is 119 cm³/mol. The Labute approximate surface area is 179 Å². The van der Waals surface area contributed by atoms with E-state index in [-0.39, 0.29) is 0 Å². The van der Waals surface area contributed by atoms with Crippen molar-refractivity contribution < 1.29 is 8.42 Å². The number of aromatic nitrogens is 3. The van der Waals surface area contributed by atoms with Crippen molar-refractivity contribution >= 4 is 43.2 Å². The molecule has 1 saturated heterocycles. The van der Waals surface area contributed by atoms with Crippen molar-refractivity contribution in [3.63, 3.8) is 0 Å². The number of nitrogens with zero attached hydrogens (tertiary/aromatic N) is 5. The number of piperazine rings is 1. The molecule has 0 amide bonds. The highest BCUT2D eigenvalue weighted by atomic mass is 32.2. The van der Waals surface area contributed by atoms with Crippen LogP contribution in [0.2, 0.25) is 0 Å². The van der Waals surface area contributed by atoms with Gasteiger partial charge in [-0.1, -0.05) is 36.4 Å². The minimum atomic E-state index is -3.51. The lowest BCUT2D eigenvalue weighted by Gasteiger charge is -2.34. The molecule has 1 fully saturated rings. The fourth-order valence-electron chi connectivity index (χ4n) is 3.84. The average Bonchev–Trinajstić information content (AvgIpc) is 3.39. The van der Waals surface area contributed by atoms with E-state index in [1.54, 1.807) is 16.6 Å². The number of nitrogens with one attached hydrogen (secondary N) is 1. The van der Waals surface area contributed by atoms with Crippen molar-refractivity contribution in [2.24, 2.45) is 0 Å². The van der Waals surface area contributed by atoms with Crippen molar-refractivity contribution in [3.8, 4) is 0 Å². The quantitative estimate of drug-likeness (QED) is 0.494. The number of hydrogen-bond donors (Lipinski definition) is 1. The molecule has 0 radical (unpaired) electrons. The van der Waals surface area contributed by atoms with Gasteiger partial charge in [0.05, 0.1) is 4.90 Å². The third-order valence-corrected chi connectivity index (χ3v) is 8.15. The van der Waals surface area contributed by atoms with Gasteiger partial charge in [0.2, 0.25) is 20.9 Å². The second kappa shape index (κ2) is 7.95. The van der Waals surface area contributed by atoms with Crippen LogP contribution in [0.4, 0.5) is 5.95 Å². The molecule has 2 aromatic heterocycles. The lowest BCUT2D eigenvalue weighted by molar-refractivity contribution is 0.194.